The second-order valence-electron chi connectivity index (χ2n) is 9.32. The van der Waals surface area contributed by atoms with Gasteiger partial charge in [-0.25, -0.2) is 0 Å². The predicted molar refractivity (Wildman–Crippen MR) is 123 cm³/mol. The molecule has 1 amide bonds. The lowest BCUT2D eigenvalue weighted by atomic mass is 9.93. The van der Waals surface area contributed by atoms with Crippen LogP contribution in [0, 0.1) is 11.3 Å². The quantitative estimate of drug-likeness (QED) is 0.758. The fourth-order valence-corrected chi connectivity index (χ4v) is 4.78. The number of rotatable bonds is 6. The Bertz CT molecular complexity index is 930. The molecule has 5 heteroatoms. The largest absolute Gasteiger partial charge is 0.326 e. The third-order valence-corrected chi connectivity index (χ3v) is 6.58. The number of carbonyl (C=O) groups is 1. The number of hydrogen-bond acceptors (Lipinski definition) is 4. The Morgan fingerprint density at radius 1 is 1.10 bits per heavy atom. The Kier molecular flexibility index (Phi) is 6.41. The van der Waals surface area contributed by atoms with Crippen molar-refractivity contribution in [2.24, 2.45) is 0 Å². The number of amides is 1. The molecule has 0 radical (unpaired) electrons. The average molecular weight is 417 g/mol. The van der Waals surface area contributed by atoms with E-state index in [0.29, 0.717) is 6.54 Å². The van der Waals surface area contributed by atoms with Gasteiger partial charge < -0.3 is 15.5 Å². The van der Waals surface area contributed by atoms with Crippen LogP contribution in [0.2, 0.25) is 0 Å². The zero-order chi connectivity index (χ0) is 21.8. The molecule has 2 aromatic rings. The van der Waals surface area contributed by atoms with Crippen LogP contribution < -0.4 is 10.6 Å². The van der Waals surface area contributed by atoms with Gasteiger partial charge in [-0.3, -0.25) is 4.79 Å². The van der Waals surface area contributed by atoms with Crippen molar-refractivity contribution >= 4 is 5.91 Å². The van der Waals surface area contributed by atoms with Crippen LogP contribution in [0.1, 0.15) is 55.0 Å². The van der Waals surface area contributed by atoms with Crippen molar-refractivity contribution in [3.63, 3.8) is 0 Å². The van der Waals surface area contributed by atoms with E-state index in [4.69, 9.17) is 0 Å². The highest BCUT2D eigenvalue weighted by molar-refractivity contribution is 5.79. The van der Waals surface area contributed by atoms with Crippen LogP contribution in [-0.2, 0) is 17.6 Å². The Balaban J connectivity index is 1.44. The topological polar surface area (TPSA) is 68.2 Å². The number of nitrogens with one attached hydrogen (secondary N) is 2. The molecular formula is C26H32N4O. The van der Waals surface area contributed by atoms with Crippen molar-refractivity contribution in [2.75, 3.05) is 19.6 Å². The fourth-order valence-electron chi connectivity index (χ4n) is 4.78. The number of fused-ring (bicyclic) bond motifs is 2. The second-order valence-corrected chi connectivity index (χ2v) is 9.32. The molecule has 31 heavy (non-hydrogen) atoms. The first-order valence-electron chi connectivity index (χ1n) is 11.3. The minimum atomic E-state index is -0.270. The summed E-state index contributed by atoms with van der Waals surface area (Å²) in [5.41, 5.74) is 5.21. The molecule has 162 valence electrons. The van der Waals surface area contributed by atoms with Gasteiger partial charge in [-0.15, -0.1) is 0 Å². The molecule has 0 spiro atoms. The van der Waals surface area contributed by atoms with Crippen LogP contribution in [0.5, 0.6) is 0 Å². The molecule has 1 fully saturated rings. The molecule has 1 heterocycles. The Labute approximate surface area is 185 Å². The summed E-state index contributed by atoms with van der Waals surface area (Å²) < 4.78 is 0. The smallest absolute Gasteiger partial charge is 0.237 e. The van der Waals surface area contributed by atoms with E-state index < -0.39 is 0 Å². The maximum absolute atomic E-state index is 12.6. The van der Waals surface area contributed by atoms with E-state index in [1.807, 2.05) is 0 Å². The third kappa shape index (κ3) is 4.81. The Morgan fingerprint density at radius 3 is 2.32 bits per heavy atom. The molecule has 2 N–H and O–H groups in total. The monoisotopic (exact) mass is 416 g/mol. The van der Waals surface area contributed by atoms with Crippen LogP contribution in [0.4, 0.5) is 0 Å². The summed E-state index contributed by atoms with van der Waals surface area (Å²) in [5.74, 6) is 0.0160. The normalized spacial score (nSPS) is 18.7. The molecule has 0 aromatic heterocycles. The first-order valence-corrected chi connectivity index (χ1v) is 11.3. The molecule has 0 saturated carbocycles. The first-order chi connectivity index (χ1) is 15.0. The van der Waals surface area contributed by atoms with E-state index in [2.05, 4.69) is 79.1 Å². The lowest BCUT2D eigenvalue weighted by Crippen LogP contribution is -2.52. The number of nitriles is 1. The van der Waals surface area contributed by atoms with Gasteiger partial charge in [-0.05, 0) is 61.8 Å². The summed E-state index contributed by atoms with van der Waals surface area (Å²) >= 11 is 0. The minimum absolute atomic E-state index is 0.0160. The molecule has 2 aliphatic rings. The molecule has 1 atom stereocenters. The molecule has 1 saturated heterocycles. The van der Waals surface area contributed by atoms with Crippen LogP contribution >= 0.6 is 0 Å². The minimum Gasteiger partial charge on any atom is -0.326 e. The molecule has 0 unspecified atom stereocenters. The average Bonchev–Trinajstić information content (AvgIpc) is 3.20. The Morgan fingerprint density at radius 2 is 1.71 bits per heavy atom. The van der Waals surface area contributed by atoms with Crippen molar-refractivity contribution in [1.82, 2.24) is 15.5 Å². The van der Waals surface area contributed by atoms with E-state index in [1.165, 1.54) is 22.3 Å². The molecule has 0 bridgehead atoms. The number of aryl methyl sites for hydroxylation is 2. The van der Waals surface area contributed by atoms with E-state index in [1.54, 1.807) is 4.90 Å². The van der Waals surface area contributed by atoms with Crippen molar-refractivity contribution in [2.45, 2.75) is 57.2 Å². The molecular weight excluding hydrogens is 384 g/mol. The SMILES string of the molecule is CC(C)(CNC1c2ccccc2CCc2ccccc21)NCC(=O)N1CCC[C@H]1C#N. The lowest BCUT2D eigenvalue weighted by molar-refractivity contribution is -0.130. The maximum atomic E-state index is 12.6. The van der Waals surface area contributed by atoms with Crippen molar-refractivity contribution in [3.05, 3.63) is 70.8 Å². The zero-order valence-corrected chi connectivity index (χ0v) is 18.5. The summed E-state index contributed by atoms with van der Waals surface area (Å²) in [4.78, 5) is 14.3. The fraction of sp³-hybridized carbons (Fsp3) is 0.462. The number of nitrogens with zero attached hydrogens (tertiary/aromatic N) is 2. The summed E-state index contributed by atoms with van der Waals surface area (Å²) in [6, 6.07) is 19.5. The zero-order valence-electron chi connectivity index (χ0n) is 18.5. The van der Waals surface area contributed by atoms with Gasteiger partial charge in [0.2, 0.25) is 5.91 Å². The summed E-state index contributed by atoms with van der Waals surface area (Å²) in [7, 11) is 0. The first kappa shape index (κ1) is 21.5. The molecule has 1 aliphatic heterocycles. The van der Waals surface area contributed by atoms with E-state index in [0.717, 1.165) is 32.2 Å². The van der Waals surface area contributed by atoms with Gasteiger partial charge in [-0.2, -0.15) is 5.26 Å². The second kappa shape index (κ2) is 9.21. The summed E-state index contributed by atoms with van der Waals surface area (Å²) in [5, 5.41) is 16.5. The van der Waals surface area contributed by atoms with Gasteiger partial charge in [0.15, 0.2) is 0 Å². The lowest BCUT2D eigenvalue weighted by Gasteiger charge is -2.31. The highest BCUT2D eigenvalue weighted by atomic mass is 16.2. The molecule has 2 aromatic carbocycles. The summed E-state index contributed by atoms with van der Waals surface area (Å²) in [6.45, 7) is 5.90. The molecule has 4 rings (SSSR count). The van der Waals surface area contributed by atoms with E-state index in [9.17, 15) is 10.1 Å². The van der Waals surface area contributed by atoms with Crippen LogP contribution in [-0.4, -0.2) is 42.0 Å². The van der Waals surface area contributed by atoms with E-state index in [-0.39, 0.29) is 30.1 Å². The van der Waals surface area contributed by atoms with Gasteiger partial charge in [0.1, 0.15) is 6.04 Å². The van der Waals surface area contributed by atoms with E-state index >= 15 is 0 Å². The van der Waals surface area contributed by atoms with Crippen LogP contribution in [0.3, 0.4) is 0 Å². The predicted octanol–water partition coefficient (Wildman–Crippen LogP) is 3.35. The van der Waals surface area contributed by atoms with Crippen molar-refractivity contribution in [3.8, 4) is 6.07 Å². The number of carbonyl (C=O) groups excluding carboxylic acids is 1. The van der Waals surface area contributed by atoms with Gasteiger partial charge >= 0.3 is 0 Å². The van der Waals surface area contributed by atoms with Crippen LogP contribution in [0.15, 0.2) is 48.5 Å². The summed E-state index contributed by atoms with van der Waals surface area (Å²) in [6.07, 6.45) is 3.80. The standard InChI is InChI=1S/C26H32N4O/c1-26(2,29-17-24(31)30-15-7-10-21(30)16-27)18-28-25-22-11-5-3-8-19(22)13-14-20-9-4-6-12-23(20)25/h3-6,8-9,11-12,21,25,28-29H,7,10,13-15,17-18H2,1-2H3/t21-/m0/s1. The number of likely N-dealkylation sites (tertiary alicyclic amines) is 1. The van der Waals surface area contributed by atoms with Gasteiger partial charge in [0.05, 0.1) is 18.7 Å². The number of hydrogen-bond donors (Lipinski definition) is 2. The van der Waals surface area contributed by atoms with Gasteiger partial charge in [-0.1, -0.05) is 48.5 Å². The number of benzene rings is 2. The molecule has 5 nitrogen and oxygen atoms in total. The van der Waals surface area contributed by atoms with Gasteiger partial charge in [0, 0.05) is 18.6 Å². The maximum Gasteiger partial charge on any atom is 0.237 e. The Hall–Kier alpha value is -2.68. The highest BCUT2D eigenvalue weighted by Crippen LogP contribution is 2.32. The third-order valence-electron chi connectivity index (χ3n) is 6.58. The van der Waals surface area contributed by atoms with Crippen molar-refractivity contribution < 1.29 is 4.79 Å². The molecule has 1 aliphatic carbocycles. The van der Waals surface area contributed by atoms with Crippen LogP contribution in [0.25, 0.3) is 0 Å². The van der Waals surface area contributed by atoms with Crippen molar-refractivity contribution in [1.29, 1.82) is 5.26 Å². The van der Waals surface area contributed by atoms with Gasteiger partial charge in [0.25, 0.3) is 0 Å². The highest BCUT2D eigenvalue weighted by Gasteiger charge is 2.30.